The van der Waals surface area contributed by atoms with Crippen LogP contribution in [0.1, 0.15) is 11.1 Å². The van der Waals surface area contributed by atoms with Crippen LogP contribution >= 0.6 is 0 Å². The van der Waals surface area contributed by atoms with Gasteiger partial charge in [0.05, 0.1) is 28.8 Å². The van der Waals surface area contributed by atoms with Gasteiger partial charge in [0.15, 0.2) is 5.76 Å². The summed E-state index contributed by atoms with van der Waals surface area (Å²) in [6.07, 6.45) is 1.14. The Morgan fingerprint density at radius 1 is 1.09 bits per heavy atom. The van der Waals surface area contributed by atoms with Crippen LogP contribution in [-0.4, -0.2) is 11.7 Å². The van der Waals surface area contributed by atoms with Gasteiger partial charge in [0.1, 0.15) is 5.75 Å². The summed E-state index contributed by atoms with van der Waals surface area (Å²) in [5.41, 5.74) is 4.33. The van der Waals surface area contributed by atoms with Gasteiger partial charge in [-0.3, -0.25) is 4.79 Å². The van der Waals surface area contributed by atoms with E-state index in [1.807, 2.05) is 12.1 Å². The van der Waals surface area contributed by atoms with Crippen molar-refractivity contribution in [2.75, 3.05) is 0 Å². The molecule has 2 aliphatic carbocycles. The third-order valence-corrected chi connectivity index (χ3v) is 3.09. The minimum Gasteiger partial charge on any atom is -0.448 e. The first-order valence-electron chi connectivity index (χ1n) is 6.00. The quantitative estimate of drug-likeness (QED) is 0.786. The summed E-state index contributed by atoms with van der Waals surface area (Å²) in [5, 5.41) is 17.7. The van der Waals surface area contributed by atoms with E-state index in [1.54, 1.807) is 0 Å². The fourth-order valence-electron chi connectivity index (χ4n) is 2.05. The molecular formula is C16H4F2N2O2. The predicted molar refractivity (Wildman–Crippen MR) is 68.6 cm³/mol. The number of carbonyl (C=O) groups excluding carboxylic acids is 1. The molecule has 1 aromatic carbocycles. The van der Waals surface area contributed by atoms with E-state index >= 15 is 0 Å². The van der Waals surface area contributed by atoms with Crippen molar-refractivity contribution in [3.05, 3.63) is 63.8 Å². The number of ketones is 1. The topological polar surface area (TPSA) is 73.9 Å². The summed E-state index contributed by atoms with van der Waals surface area (Å²) >= 11 is 0. The SMILES string of the molecule is N#Cc1cc(C#N)cc(OC2=C=C=C3C(=C2)C(=O)C3(F)F)c1. The summed E-state index contributed by atoms with van der Waals surface area (Å²) in [4.78, 5) is 11.3. The Morgan fingerprint density at radius 3 is 2.32 bits per heavy atom. The monoisotopic (exact) mass is 294 g/mol. The first kappa shape index (κ1) is 13.5. The Hall–Kier alpha value is -3.43. The first-order valence-corrected chi connectivity index (χ1v) is 6.00. The average Bonchev–Trinajstić information content (AvgIpc) is 2.53. The molecule has 6 heteroatoms. The molecule has 0 aliphatic heterocycles. The van der Waals surface area contributed by atoms with Gasteiger partial charge in [-0.1, -0.05) is 5.73 Å². The molecule has 1 aromatic rings. The Balaban J connectivity index is 1.99. The molecule has 3 rings (SSSR count). The van der Waals surface area contributed by atoms with E-state index in [-0.39, 0.29) is 28.2 Å². The molecule has 0 amide bonds. The second-order valence-electron chi connectivity index (χ2n) is 4.52. The van der Waals surface area contributed by atoms with Gasteiger partial charge in [0, 0.05) is 11.6 Å². The lowest BCUT2D eigenvalue weighted by molar-refractivity contribution is -0.139. The molecule has 2 aliphatic rings. The van der Waals surface area contributed by atoms with Gasteiger partial charge < -0.3 is 4.74 Å². The highest BCUT2D eigenvalue weighted by molar-refractivity contribution is 6.16. The molecule has 0 aromatic heterocycles. The molecule has 0 N–H and O–H groups in total. The molecule has 0 spiro atoms. The number of fused-ring (bicyclic) bond motifs is 1. The first-order chi connectivity index (χ1) is 10.5. The second-order valence-corrected chi connectivity index (χ2v) is 4.52. The van der Waals surface area contributed by atoms with E-state index < -0.39 is 17.3 Å². The zero-order valence-corrected chi connectivity index (χ0v) is 10.8. The minimum atomic E-state index is -3.51. The zero-order valence-electron chi connectivity index (χ0n) is 10.8. The summed E-state index contributed by atoms with van der Waals surface area (Å²) in [6.45, 7) is 0. The highest BCUT2D eigenvalue weighted by Crippen LogP contribution is 2.44. The smallest absolute Gasteiger partial charge is 0.343 e. The lowest BCUT2D eigenvalue weighted by Crippen LogP contribution is -2.45. The zero-order chi connectivity index (χ0) is 15.9. The number of nitrogens with zero attached hydrogens (tertiary/aromatic N) is 2. The number of hydrogen-bond acceptors (Lipinski definition) is 4. The average molecular weight is 294 g/mol. The normalized spacial score (nSPS) is 17.1. The molecule has 0 radical (unpaired) electrons. The molecule has 0 heterocycles. The summed E-state index contributed by atoms with van der Waals surface area (Å²) in [6, 6.07) is 7.89. The van der Waals surface area contributed by atoms with Crippen LogP contribution in [0.4, 0.5) is 8.78 Å². The van der Waals surface area contributed by atoms with Crippen molar-refractivity contribution in [2.45, 2.75) is 5.92 Å². The van der Waals surface area contributed by atoms with Crippen molar-refractivity contribution in [3.63, 3.8) is 0 Å². The van der Waals surface area contributed by atoms with E-state index in [0.29, 0.717) is 0 Å². The van der Waals surface area contributed by atoms with E-state index in [1.165, 1.54) is 18.2 Å². The van der Waals surface area contributed by atoms with Gasteiger partial charge in [-0.2, -0.15) is 19.3 Å². The number of Topliss-reactive ketones (excluding diaryl/α,β-unsaturated/α-hetero) is 1. The highest BCUT2D eigenvalue weighted by Gasteiger charge is 2.58. The van der Waals surface area contributed by atoms with Crippen molar-refractivity contribution in [1.29, 1.82) is 10.5 Å². The number of benzene rings is 1. The number of allylic oxidation sites excluding steroid dienone is 3. The Kier molecular flexibility index (Phi) is 2.80. The van der Waals surface area contributed by atoms with Gasteiger partial charge in [-0.25, -0.2) is 0 Å². The Labute approximate surface area is 123 Å². The van der Waals surface area contributed by atoms with Crippen LogP contribution in [0.3, 0.4) is 0 Å². The fourth-order valence-corrected chi connectivity index (χ4v) is 2.05. The van der Waals surface area contributed by atoms with E-state index in [0.717, 1.165) is 6.08 Å². The lowest BCUT2D eigenvalue weighted by atomic mass is 9.79. The van der Waals surface area contributed by atoms with Gasteiger partial charge in [-0.15, -0.1) is 0 Å². The van der Waals surface area contributed by atoms with Crippen LogP contribution in [-0.2, 0) is 4.79 Å². The number of alkyl halides is 2. The molecule has 1 saturated carbocycles. The van der Waals surface area contributed by atoms with E-state index in [2.05, 4.69) is 11.5 Å². The summed E-state index contributed by atoms with van der Waals surface area (Å²) in [5.74, 6) is -4.64. The summed E-state index contributed by atoms with van der Waals surface area (Å²) in [7, 11) is 0. The minimum absolute atomic E-state index is 0.00146. The van der Waals surface area contributed by atoms with Crippen LogP contribution in [0, 0.1) is 22.7 Å². The van der Waals surface area contributed by atoms with Crippen LogP contribution in [0.2, 0.25) is 0 Å². The van der Waals surface area contributed by atoms with Crippen LogP contribution in [0.15, 0.2) is 52.6 Å². The van der Waals surface area contributed by atoms with Crippen molar-refractivity contribution in [3.8, 4) is 17.9 Å². The maximum absolute atomic E-state index is 13.2. The van der Waals surface area contributed by atoms with E-state index in [9.17, 15) is 13.6 Å². The van der Waals surface area contributed by atoms with Crippen molar-refractivity contribution < 1.29 is 18.3 Å². The molecule has 22 heavy (non-hydrogen) atoms. The van der Waals surface area contributed by atoms with Gasteiger partial charge in [0.25, 0.3) is 0 Å². The number of nitriles is 2. The molecule has 0 atom stereocenters. The lowest BCUT2D eigenvalue weighted by Gasteiger charge is -2.29. The van der Waals surface area contributed by atoms with Gasteiger partial charge >= 0.3 is 5.92 Å². The molecule has 0 saturated heterocycles. The molecule has 0 unspecified atom stereocenters. The molecule has 104 valence electrons. The molecule has 4 nitrogen and oxygen atoms in total. The third kappa shape index (κ3) is 1.93. The Morgan fingerprint density at radius 2 is 1.73 bits per heavy atom. The van der Waals surface area contributed by atoms with E-state index in [4.69, 9.17) is 15.3 Å². The molecule has 0 bridgehead atoms. The maximum Gasteiger partial charge on any atom is 0.343 e. The second kappa shape index (κ2) is 4.55. The van der Waals surface area contributed by atoms with Crippen molar-refractivity contribution in [1.82, 2.24) is 0 Å². The molecule has 1 fully saturated rings. The van der Waals surface area contributed by atoms with Crippen LogP contribution < -0.4 is 4.74 Å². The standard InChI is InChI=1S/C16H4F2N2O2/c17-16(18)14-2-1-11(6-13(14)15(16)21)22-12-4-9(7-19)3-10(5-12)8-20/h3-6H. The van der Waals surface area contributed by atoms with Gasteiger partial charge in [0.2, 0.25) is 5.78 Å². The maximum atomic E-state index is 13.2. The largest absolute Gasteiger partial charge is 0.448 e. The number of carbonyl (C=O) groups is 1. The highest BCUT2D eigenvalue weighted by atomic mass is 19.3. The third-order valence-electron chi connectivity index (χ3n) is 3.09. The summed E-state index contributed by atoms with van der Waals surface area (Å²) < 4.78 is 31.7. The van der Waals surface area contributed by atoms with Crippen molar-refractivity contribution >= 4 is 5.78 Å². The molecular weight excluding hydrogens is 290 g/mol. The number of hydrogen-bond donors (Lipinski definition) is 0. The predicted octanol–water partition coefficient (Wildman–Crippen LogP) is 2.53. The Bertz CT molecular complexity index is 913. The van der Waals surface area contributed by atoms with Crippen molar-refractivity contribution in [2.24, 2.45) is 0 Å². The van der Waals surface area contributed by atoms with Gasteiger partial charge in [-0.05, 0) is 23.9 Å². The number of ether oxygens (including phenoxy) is 1. The van der Waals surface area contributed by atoms with Crippen LogP contribution in [0.25, 0.3) is 0 Å². The number of rotatable bonds is 2. The number of halogens is 2. The van der Waals surface area contributed by atoms with Crippen LogP contribution in [0.5, 0.6) is 5.75 Å². The fraction of sp³-hybridized carbons (Fsp3) is 0.0625.